The van der Waals surface area contributed by atoms with Gasteiger partial charge in [-0.1, -0.05) is 11.6 Å². The molecule has 4 rings (SSSR count). The highest BCUT2D eigenvalue weighted by atomic mass is 35.5. The highest BCUT2D eigenvalue weighted by molar-refractivity contribution is 6.30. The van der Waals surface area contributed by atoms with E-state index in [0.29, 0.717) is 25.2 Å². The number of nitrogens with zero attached hydrogens (tertiary/aromatic N) is 1. The van der Waals surface area contributed by atoms with E-state index in [0.717, 1.165) is 54.4 Å². The number of fused-ring (bicyclic) bond motifs is 2. The Morgan fingerprint density at radius 1 is 1.29 bits per heavy atom. The lowest BCUT2D eigenvalue weighted by molar-refractivity contribution is -0.0174. The van der Waals surface area contributed by atoms with Crippen LogP contribution >= 0.6 is 11.6 Å². The van der Waals surface area contributed by atoms with Gasteiger partial charge in [0.1, 0.15) is 5.75 Å². The van der Waals surface area contributed by atoms with E-state index in [4.69, 9.17) is 21.1 Å². The van der Waals surface area contributed by atoms with Gasteiger partial charge < -0.3 is 14.6 Å². The molecule has 1 aromatic rings. The highest BCUT2D eigenvalue weighted by Crippen LogP contribution is 2.40. The largest absolute Gasteiger partial charge is 0.467 e. The zero-order chi connectivity index (χ0) is 14.4. The number of aliphatic hydroxyl groups excluding tert-OH is 1. The molecule has 3 atom stereocenters. The second-order valence-electron chi connectivity index (χ2n) is 6.43. The van der Waals surface area contributed by atoms with E-state index in [-0.39, 0.29) is 6.10 Å². The number of benzene rings is 1. The smallest absolute Gasteiger partial charge is 0.189 e. The van der Waals surface area contributed by atoms with Crippen LogP contribution in [0.2, 0.25) is 5.02 Å². The first-order valence-corrected chi connectivity index (χ1v) is 8.01. The SMILES string of the molecule is OC1CCC2CN(Cc3cc(Cl)cc4c3OCOC4)CC12. The topological polar surface area (TPSA) is 41.9 Å². The van der Waals surface area contributed by atoms with Crippen LogP contribution in [0, 0.1) is 11.8 Å². The summed E-state index contributed by atoms with van der Waals surface area (Å²) in [6.07, 6.45) is 2.01. The van der Waals surface area contributed by atoms with Gasteiger partial charge in [0.15, 0.2) is 6.79 Å². The normalized spacial score (nSPS) is 31.8. The van der Waals surface area contributed by atoms with Gasteiger partial charge in [0, 0.05) is 41.7 Å². The minimum atomic E-state index is -0.113. The van der Waals surface area contributed by atoms with Crippen LogP contribution in [0.15, 0.2) is 12.1 Å². The van der Waals surface area contributed by atoms with Gasteiger partial charge in [0.25, 0.3) is 0 Å². The number of ether oxygens (including phenoxy) is 2. The van der Waals surface area contributed by atoms with Crippen LogP contribution in [0.4, 0.5) is 0 Å². The van der Waals surface area contributed by atoms with Gasteiger partial charge >= 0.3 is 0 Å². The summed E-state index contributed by atoms with van der Waals surface area (Å²) in [7, 11) is 0. The summed E-state index contributed by atoms with van der Waals surface area (Å²) in [5.41, 5.74) is 2.17. The molecule has 0 bridgehead atoms. The Morgan fingerprint density at radius 2 is 2.19 bits per heavy atom. The third kappa shape index (κ3) is 2.55. The first-order chi connectivity index (χ1) is 10.2. The van der Waals surface area contributed by atoms with E-state index in [1.165, 1.54) is 0 Å². The molecule has 0 amide bonds. The lowest BCUT2D eigenvalue weighted by Gasteiger charge is -2.24. The van der Waals surface area contributed by atoms with Crippen molar-refractivity contribution < 1.29 is 14.6 Å². The molecule has 21 heavy (non-hydrogen) atoms. The van der Waals surface area contributed by atoms with Crippen molar-refractivity contribution in [2.75, 3.05) is 19.9 Å². The molecular formula is C16H20ClNO3. The van der Waals surface area contributed by atoms with Gasteiger partial charge in [-0.05, 0) is 30.9 Å². The van der Waals surface area contributed by atoms with Crippen molar-refractivity contribution >= 4 is 11.6 Å². The van der Waals surface area contributed by atoms with E-state index in [1.54, 1.807) is 0 Å². The molecule has 0 radical (unpaired) electrons. The van der Waals surface area contributed by atoms with Crippen molar-refractivity contribution in [1.82, 2.24) is 4.90 Å². The summed E-state index contributed by atoms with van der Waals surface area (Å²) in [6, 6.07) is 3.91. The van der Waals surface area contributed by atoms with Gasteiger partial charge in [-0.2, -0.15) is 0 Å². The average molecular weight is 310 g/mol. The molecule has 0 spiro atoms. The van der Waals surface area contributed by atoms with Crippen molar-refractivity contribution in [3.05, 3.63) is 28.3 Å². The van der Waals surface area contributed by atoms with Crippen molar-refractivity contribution in [2.45, 2.75) is 32.1 Å². The Hall–Kier alpha value is -0.810. The number of rotatable bonds is 2. The van der Waals surface area contributed by atoms with Gasteiger partial charge in [-0.3, -0.25) is 4.90 Å². The zero-order valence-electron chi connectivity index (χ0n) is 11.9. The maximum absolute atomic E-state index is 10.0. The maximum Gasteiger partial charge on any atom is 0.189 e. The van der Waals surface area contributed by atoms with Crippen molar-refractivity contribution in [2.24, 2.45) is 11.8 Å². The molecule has 1 saturated carbocycles. The molecule has 114 valence electrons. The standard InChI is InChI=1S/C16H20ClNO3/c17-13-3-11(16-12(4-13)8-20-9-21-16)6-18-5-10-1-2-15(19)14(10)7-18/h3-4,10,14-15,19H,1-2,5-9H2. The molecule has 4 nitrogen and oxygen atoms in total. The summed E-state index contributed by atoms with van der Waals surface area (Å²) in [4.78, 5) is 2.42. The molecule has 1 aromatic carbocycles. The van der Waals surface area contributed by atoms with Gasteiger partial charge in [0.05, 0.1) is 12.7 Å². The van der Waals surface area contributed by atoms with Crippen LogP contribution in [-0.2, 0) is 17.9 Å². The molecule has 1 N–H and O–H groups in total. The molecular weight excluding hydrogens is 290 g/mol. The Labute approximate surface area is 129 Å². The molecule has 2 fully saturated rings. The van der Waals surface area contributed by atoms with Gasteiger partial charge in [-0.15, -0.1) is 0 Å². The Kier molecular flexibility index (Phi) is 3.58. The van der Waals surface area contributed by atoms with Crippen LogP contribution < -0.4 is 4.74 Å². The third-order valence-electron chi connectivity index (χ3n) is 5.04. The van der Waals surface area contributed by atoms with Gasteiger partial charge in [0.2, 0.25) is 0 Å². The van der Waals surface area contributed by atoms with Gasteiger partial charge in [-0.25, -0.2) is 0 Å². The van der Waals surface area contributed by atoms with E-state index in [1.807, 2.05) is 12.1 Å². The summed E-state index contributed by atoms with van der Waals surface area (Å²) >= 11 is 6.22. The Morgan fingerprint density at radius 3 is 3.05 bits per heavy atom. The van der Waals surface area contributed by atoms with E-state index >= 15 is 0 Å². The second kappa shape index (κ2) is 5.43. The van der Waals surface area contributed by atoms with Crippen LogP contribution in [0.1, 0.15) is 24.0 Å². The van der Waals surface area contributed by atoms with Crippen LogP contribution in [0.3, 0.4) is 0 Å². The zero-order valence-corrected chi connectivity index (χ0v) is 12.7. The van der Waals surface area contributed by atoms with Crippen LogP contribution in [0.25, 0.3) is 0 Å². The number of hydrogen-bond acceptors (Lipinski definition) is 4. The first-order valence-electron chi connectivity index (χ1n) is 7.63. The summed E-state index contributed by atoms with van der Waals surface area (Å²) < 4.78 is 11.0. The maximum atomic E-state index is 10.0. The average Bonchev–Trinajstić information content (AvgIpc) is 3.01. The van der Waals surface area contributed by atoms with Crippen molar-refractivity contribution in [3.8, 4) is 5.75 Å². The Bertz CT molecular complexity index is 551. The molecule has 1 aliphatic carbocycles. The predicted octanol–water partition coefficient (Wildman–Crippen LogP) is 2.41. The lowest BCUT2D eigenvalue weighted by atomic mass is 10.00. The number of hydrogen-bond donors (Lipinski definition) is 1. The minimum Gasteiger partial charge on any atom is -0.467 e. The lowest BCUT2D eigenvalue weighted by Crippen LogP contribution is -2.25. The quantitative estimate of drug-likeness (QED) is 0.911. The minimum absolute atomic E-state index is 0.113. The first kappa shape index (κ1) is 13.8. The van der Waals surface area contributed by atoms with Crippen LogP contribution in [-0.4, -0.2) is 36.0 Å². The predicted molar refractivity (Wildman–Crippen MR) is 79.2 cm³/mol. The molecule has 0 aromatic heterocycles. The number of likely N-dealkylation sites (tertiary alicyclic amines) is 1. The molecule has 3 aliphatic rings. The number of aliphatic hydroxyl groups is 1. The fraction of sp³-hybridized carbons (Fsp3) is 0.625. The van der Waals surface area contributed by atoms with Crippen molar-refractivity contribution in [3.63, 3.8) is 0 Å². The summed E-state index contributed by atoms with van der Waals surface area (Å²) in [6.45, 7) is 3.75. The fourth-order valence-electron chi connectivity index (χ4n) is 4.07. The van der Waals surface area contributed by atoms with Crippen LogP contribution in [0.5, 0.6) is 5.75 Å². The third-order valence-corrected chi connectivity index (χ3v) is 5.26. The highest BCUT2D eigenvalue weighted by Gasteiger charge is 2.41. The summed E-state index contributed by atoms with van der Waals surface area (Å²) in [5, 5.41) is 10.8. The second-order valence-corrected chi connectivity index (χ2v) is 6.86. The molecule has 3 unspecified atom stereocenters. The van der Waals surface area contributed by atoms with E-state index in [9.17, 15) is 5.11 Å². The van der Waals surface area contributed by atoms with E-state index < -0.39 is 0 Å². The Balaban J connectivity index is 1.54. The molecule has 1 saturated heterocycles. The van der Waals surface area contributed by atoms with E-state index in [2.05, 4.69) is 4.90 Å². The van der Waals surface area contributed by atoms with Crippen molar-refractivity contribution in [1.29, 1.82) is 0 Å². The molecule has 2 aliphatic heterocycles. The molecule has 5 heteroatoms. The fourth-order valence-corrected chi connectivity index (χ4v) is 4.34. The molecule has 2 heterocycles. The monoisotopic (exact) mass is 309 g/mol. The number of halogens is 1. The summed E-state index contributed by atoms with van der Waals surface area (Å²) in [5.74, 6) is 2.03.